The predicted molar refractivity (Wildman–Crippen MR) is 80.9 cm³/mol. The fourth-order valence-corrected chi connectivity index (χ4v) is 4.05. The predicted octanol–water partition coefficient (Wildman–Crippen LogP) is 4.13. The molecule has 1 aromatic carbocycles. The number of thiophene rings is 1. The van der Waals surface area contributed by atoms with Gasteiger partial charge in [-0.2, -0.15) is 0 Å². The van der Waals surface area contributed by atoms with Gasteiger partial charge in [-0.05, 0) is 61.4 Å². The second kappa shape index (κ2) is 5.10. The first-order valence-corrected chi connectivity index (χ1v) is 7.81. The van der Waals surface area contributed by atoms with Gasteiger partial charge in [0.2, 0.25) is 0 Å². The van der Waals surface area contributed by atoms with Gasteiger partial charge < -0.3 is 5.11 Å². The highest BCUT2D eigenvalue weighted by molar-refractivity contribution is 7.12. The molecule has 1 atom stereocenters. The average Bonchev–Trinajstić information content (AvgIpc) is 2.94. The monoisotopic (exact) mass is 272 g/mol. The van der Waals surface area contributed by atoms with E-state index in [9.17, 15) is 5.11 Å². The van der Waals surface area contributed by atoms with E-state index >= 15 is 0 Å². The van der Waals surface area contributed by atoms with E-state index < -0.39 is 0 Å². The third-order valence-electron chi connectivity index (χ3n) is 4.03. The first kappa shape index (κ1) is 12.9. The maximum atomic E-state index is 10.4. The second-order valence-electron chi connectivity index (χ2n) is 5.55. The van der Waals surface area contributed by atoms with Crippen LogP contribution in [0.2, 0.25) is 0 Å². The lowest BCUT2D eigenvalue weighted by molar-refractivity contribution is 0.178. The third-order valence-corrected chi connectivity index (χ3v) is 5.01. The number of fused-ring (bicyclic) bond motifs is 1. The summed E-state index contributed by atoms with van der Waals surface area (Å²) in [5, 5.41) is 10.4. The molecule has 0 saturated carbocycles. The van der Waals surface area contributed by atoms with Gasteiger partial charge >= 0.3 is 0 Å². The minimum atomic E-state index is -0.371. The Balaban J connectivity index is 1.79. The number of rotatable bonds is 3. The van der Waals surface area contributed by atoms with Gasteiger partial charge in [-0.3, -0.25) is 0 Å². The standard InChI is InChI=1S/C17H20OS/c1-11-8-16(12(2)19-11)17(18)10-13-6-7-14-4-3-5-15(14)9-13/h6-9,17-18H,3-5,10H2,1-2H3. The van der Waals surface area contributed by atoms with Crippen molar-refractivity contribution in [3.05, 3.63) is 56.3 Å². The van der Waals surface area contributed by atoms with Crippen molar-refractivity contribution in [2.24, 2.45) is 0 Å². The number of hydrogen-bond donors (Lipinski definition) is 1. The Morgan fingerprint density at radius 1 is 1.16 bits per heavy atom. The summed E-state index contributed by atoms with van der Waals surface area (Å²) in [5.74, 6) is 0. The van der Waals surface area contributed by atoms with Gasteiger partial charge in [-0.1, -0.05) is 18.2 Å². The molecule has 3 rings (SSSR count). The van der Waals surface area contributed by atoms with E-state index in [4.69, 9.17) is 0 Å². The molecule has 1 aliphatic carbocycles. The summed E-state index contributed by atoms with van der Waals surface area (Å²) in [5.41, 5.74) is 5.35. The Kier molecular flexibility index (Phi) is 3.46. The van der Waals surface area contributed by atoms with Gasteiger partial charge in [0.05, 0.1) is 6.10 Å². The van der Waals surface area contributed by atoms with Gasteiger partial charge in [0.15, 0.2) is 0 Å². The highest BCUT2D eigenvalue weighted by atomic mass is 32.1. The first-order chi connectivity index (χ1) is 9.13. The van der Waals surface area contributed by atoms with Crippen molar-refractivity contribution in [1.29, 1.82) is 0 Å². The number of benzene rings is 1. The molecular formula is C17H20OS. The maximum absolute atomic E-state index is 10.4. The van der Waals surface area contributed by atoms with E-state index in [-0.39, 0.29) is 6.10 Å². The molecule has 1 unspecified atom stereocenters. The van der Waals surface area contributed by atoms with Crippen molar-refractivity contribution < 1.29 is 5.11 Å². The number of aliphatic hydroxyl groups is 1. The molecule has 1 aromatic heterocycles. The molecule has 0 radical (unpaired) electrons. The normalized spacial score (nSPS) is 15.5. The van der Waals surface area contributed by atoms with E-state index in [2.05, 4.69) is 38.1 Å². The van der Waals surface area contributed by atoms with E-state index in [1.54, 1.807) is 11.3 Å². The molecule has 0 spiro atoms. The molecule has 0 saturated heterocycles. The van der Waals surface area contributed by atoms with Crippen LogP contribution in [0.1, 0.15) is 44.5 Å². The van der Waals surface area contributed by atoms with Crippen molar-refractivity contribution in [2.45, 2.75) is 45.6 Å². The molecule has 1 N–H and O–H groups in total. The largest absolute Gasteiger partial charge is 0.388 e. The van der Waals surface area contributed by atoms with Crippen LogP contribution in [0.4, 0.5) is 0 Å². The molecule has 0 amide bonds. The zero-order valence-corrected chi connectivity index (χ0v) is 12.4. The van der Waals surface area contributed by atoms with Crippen LogP contribution in [0.3, 0.4) is 0 Å². The van der Waals surface area contributed by atoms with Gasteiger partial charge in [-0.25, -0.2) is 0 Å². The molecule has 19 heavy (non-hydrogen) atoms. The summed E-state index contributed by atoms with van der Waals surface area (Å²) in [6.07, 6.45) is 4.06. The van der Waals surface area contributed by atoms with Crippen LogP contribution >= 0.6 is 11.3 Å². The van der Waals surface area contributed by atoms with Crippen molar-refractivity contribution in [1.82, 2.24) is 0 Å². The summed E-state index contributed by atoms with van der Waals surface area (Å²) in [6.45, 7) is 4.20. The smallest absolute Gasteiger partial charge is 0.0841 e. The topological polar surface area (TPSA) is 20.2 Å². The third kappa shape index (κ3) is 2.60. The Labute approximate surface area is 118 Å². The van der Waals surface area contributed by atoms with Crippen molar-refractivity contribution in [2.75, 3.05) is 0 Å². The molecule has 0 fully saturated rings. The fraction of sp³-hybridized carbons (Fsp3) is 0.412. The van der Waals surface area contributed by atoms with E-state index in [0.717, 1.165) is 12.0 Å². The minimum Gasteiger partial charge on any atom is -0.388 e. The average molecular weight is 272 g/mol. The summed E-state index contributed by atoms with van der Waals surface area (Å²) in [4.78, 5) is 2.52. The van der Waals surface area contributed by atoms with Crippen LogP contribution in [-0.2, 0) is 19.3 Å². The van der Waals surface area contributed by atoms with E-state index in [0.29, 0.717) is 0 Å². The van der Waals surface area contributed by atoms with Crippen molar-refractivity contribution >= 4 is 11.3 Å². The lowest BCUT2D eigenvalue weighted by Gasteiger charge is -2.12. The van der Waals surface area contributed by atoms with Crippen LogP contribution in [0.15, 0.2) is 24.3 Å². The quantitative estimate of drug-likeness (QED) is 0.890. The zero-order chi connectivity index (χ0) is 13.4. The SMILES string of the molecule is Cc1cc(C(O)Cc2ccc3c(c2)CCC3)c(C)s1. The lowest BCUT2D eigenvalue weighted by Crippen LogP contribution is -2.02. The Bertz CT molecular complexity index is 597. The van der Waals surface area contributed by atoms with Crippen molar-refractivity contribution in [3.63, 3.8) is 0 Å². The molecule has 2 aromatic rings. The summed E-state index contributed by atoms with van der Waals surface area (Å²) in [7, 11) is 0. The van der Waals surface area contributed by atoms with Gasteiger partial charge in [0.25, 0.3) is 0 Å². The molecule has 1 aliphatic rings. The Morgan fingerprint density at radius 2 is 1.95 bits per heavy atom. The zero-order valence-electron chi connectivity index (χ0n) is 11.6. The van der Waals surface area contributed by atoms with Crippen LogP contribution < -0.4 is 0 Å². The first-order valence-electron chi connectivity index (χ1n) is 6.99. The number of aryl methyl sites for hydroxylation is 4. The minimum absolute atomic E-state index is 0.371. The summed E-state index contributed by atoms with van der Waals surface area (Å²) >= 11 is 1.77. The highest BCUT2D eigenvalue weighted by Gasteiger charge is 2.16. The fourth-order valence-electron chi connectivity index (χ4n) is 3.07. The maximum Gasteiger partial charge on any atom is 0.0841 e. The second-order valence-corrected chi connectivity index (χ2v) is 7.01. The van der Waals surface area contributed by atoms with Crippen LogP contribution in [-0.4, -0.2) is 5.11 Å². The molecule has 0 bridgehead atoms. The van der Waals surface area contributed by atoms with Crippen LogP contribution in [0, 0.1) is 13.8 Å². The highest BCUT2D eigenvalue weighted by Crippen LogP contribution is 2.30. The van der Waals surface area contributed by atoms with E-state index in [1.165, 1.54) is 45.7 Å². The van der Waals surface area contributed by atoms with Gasteiger partial charge in [-0.15, -0.1) is 11.3 Å². The molecule has 1 heterocycles. The Morgan fingerprint density at radius 3 is 2.68 bits per heavy atom. The molecule has 1 nitrogen and oxygen atoms in total. The van der Waals surface area contributed by atoms with Crippen molar-refractivity contribution in [3.8, 4) is 0 Å². The van der Waals surface area contributed by atoms with Gasteiger partial charge in [0.1, 0.15) is 0 Å². The molecule has 2 heteroatoms. The molecular weight excluding hydrogens is 252 g/mol. The molecule has 0 aliphatic heterocycles. The summed E-state index contributed by atoms with van der Waals surface area (Å²) < 4.78 is 0. The number of aliphatic hydroxyl groups excluding tert-OH is 1. The molecule has 100 valence electrons. The van der Waals surface area contributed by atoms with Gasteiger partial charge in [0, 0.05) is 16.2 Å². The van der Waals surface area contributed by atoms with Crippen LogP contribution in [0.25, 0.3) is 0 Å². The lowest BCUT2D eigenvalue weighted by atomic mass is 9.99. The number of hydrogen-bond acceptors (Lipinski definition) is 2. The van der Waals surface area contributed by atoms with E-state index in [1.807, 2.05) is 0 Å². The van der Waals surface area contributed by atoms with Crippen LogP contribution in [0.5, 0.6) is 0 Å². The summed E-state index contributed by atoms with van der Waals surface area (Å²) in [6, 6.07) is 8.84. The Hall–Kier alpha value is -1.12.